The molecule has 17 heavy (non-hydrogen) atoms. The maximum absolute atomic E-state index is 11.6. The molecule has 1 heterocycles. The molecular weight excluding hydrogens is 238 g/mol. The van der Waals surface area contributed by atoms with E-state index in [4.69, 9.17) is 9.56 Å². The van der Waals surface area contributed by atoms with Crippen molar-refractivity contribution in [1.29, 1.82) is 0 Å². The Morgan fingerprint density at radius 3 is 2.82 bits per heavy atom. The highest BCUT2D eigenvalue weighted by Crippen LogP contribution is 2.40. The predicted octanol–water partition coefficient (Wildman–Crippen LogP) is 2.10. The Labute approximate surface area is 99.5 Å². The summed E-state index contributed by atoms with van der Waals surface area (Å²) >= 11 is 0. The monoisotopic (exact) mass is 251 g/mol. The van der Waals surface area contributed by atoms with E-state index in [2.05, 4.69) is 0 Å². The van der Waals surface area contributed by atoms with Crippen molar-refractivity contribution in [1.82, 2.24) is 0 Å². The maximum atomic E-state index is 11.6. The first kappa shape index (κ1) is 10.8. The molecule has 0 saturated carbocycles. The van der Waals surface area contributed by atoms with Gasteiger partial charge in [-0.25, -0.2) is 13.6 Å². The van der Waals surface area contributed by atoms with Gasteiger partial charge in [-0.3, -0.25) is 0 Å². The van der Waals surface area contributed by atoms with Crippen LogP contribution in [-0.2, 0) is 16.4 Å². The van der Waals surface area contributed by atoms with Gasteiger partial charge < -0.3 is 4.42 Å². The number of furan rings is 1. The Morgan fingerprint density at radius 2 is 2.06 bits per heavy atom. The molecule has 1 aromatic carbocycles. The molecule has 2 N–H and O–H groups in total. The van der Waals surface area contributed by atoms with Crippen LogP contribution in [0.1, 0.15) is 29.4 Å². The molecular formula is C12H13NO3S. The van der Waals surface area contributed by atoms with Gasteiger partial charge in [-0.15, -0.1) is 0 Å². The van der Waals surface area contributed by atoms with Crippen molar-refractivity contribution < 1.29 is 12.8 Å². The quantitative estimate of drug-likeness (QED) is 0.843. The topological polar surface area (TPSA) is 73.3 Å². The molecule has 0 saturated heterocycles. The lowest BCUT2D eigenvalue weighted by molar-refractivity contribution is 0.491. The highest BCUT2D eigenvalue weighted by molar-refractivity contribution is 7.89. The molecule has 1 aromatic heterocycles. The summed E-state index contributed by atoms with van der Waals surface area (Å²) in [6.07, 6.45) is 2.17. The zero-order valence-corrected chi connectivity index (χ0v) is 10.0. The number of aryl methyl sites for hydroxylation is 1. The molecule has 2 aromatic rings. The molecule has 0 spiro atoms. The molecule has 0 amide bonds. The fourth-order valence-electron chi connectivity index (χ4n) is 2.58. The zero-order valence-electron chi connectivity index (χ0n) is 9.22. The van der Waals surface area contributed by atoms with Gasteiger partial charge in [0.2, 0.25) is 10.0 Å². The molecule has 1 aliphatic carbocycles. The van der Waals surface area contributed by atoms with Crippen LogP contribution in [0, 0.1) is 0 Å². The van der Waals surface area contributed by atoms with Gasteiger partial charge in [0, 0.05) is 17.4 Å². The summed E-state index contributed by atoms with van der Waals surface area (Å²) in [7, 11) is -3.56. The Balaban J connectivity index is 2.32. The molecule has 4 nitrogen and oxygen atoms in total. The second-order valence-corrected chi connectivity index (χ2v) is 6.15. The van der Waals surface area contributed by atoms with Crippen LogP contribution in [0.3, 0.4) is 0 Å². The average Bonchev–Trinajstić information content (AvgIpc) is 2.65. The van der Waals surface area contributed by atoms with Gasteiger partial charge in [0.05, 0.1) is 0 Å². The van der Waals surface area contributed by atoms with Crippen LogP contribution < -0.4 is 5.14 Å². The van der Waals surface area contributed by atoms with E-state index < -0.39 is 15.3 Å². The van der Waals surface area contributed by atoms with Gasteiger partial charge >= 0.3 is 0 Å². The van der Waals surface area contributed by atoms with E-state index in [-0.39, 0.29) is 0 Å². The minimum Gasteiger partial charge on any atom is -0.461 e. The van der Waals surface area contributed by atoms with E-state index in [1.165, 1.54) is 0 Å². The number of hydrogen-bond donors (Lipinski definition) is 1. The van der Waals surface area contributed by atoms with E-state index in [9.17, 15) is 8.42 Å². The number of sulfonamides is 1. The van der Waals surface area contributed by atoms with Gasteiger partial charge in [0.1, 0.15) is 16.6 Å². The number of hydrogen-bond acceptors (Lipinski definition) is 3. The lowest BCUT2D eigenvalue weighted by Crippen LogP contribution is -2.24. The Morgan fingerprint density at radius 1 is 1.29 bits per heavy atom. The van der Waals surface area contributed by atoms with Crippen molar-refractivity contribution in [2.75, 3.05) is 0 Å². The van der Waals surface area contributed by atoms with E-state index >= 15 is 0 Å². The summed E-state index contributed by atoms with van der Waals surface area (Å²) in [5.74, 6) is 0.775. The average molecular weight is 251 g/mol. The first-order valence-corrected chi connectivity index (χ1v) is 7.20. The third-order valence-electron chi connectivity index (χ3n) is 3.30. The SMILES string of the molecule is NS(=O)(=O)C1CCCc2oc3ccccc3c21. The smallest absolute Gasteiger partial charge is 0.216 e. The van der Waals surface area contributed by atoms with Crippen molar-refractivity contribution >= 4 is 21.0 Å². The number of nitrogens with two attached hydrogens (primary N) is 1. The van der Waals surface area contributed by atoms with Crippen LogP contribution in [0.4, 0.5) is 0 Å². The van der Waals surface area contributed by atoms with Crippen molar-refractivity contribution in [2.45, 2.75) is 24.5 Å². The lowest BCUT2D eigenvalue weighted by Gasteiger charge is -2.19. The molecule has 5 heteroatoms. The van der Waals surface area contributed by atoms with E-state index in [0.29, 0.717) is 6.42 Å². The number of fused-ring (bicyclic) bond motifs is 3. The van der Waals surface area contributed by atoms with Crippen LogP contribution in [0.2, 0.25) is 0 Å². The first-order valence-electron chi connectivity index (χ1n) is 5.59. The van der Waals surface area contributed by atoms with Crippen LogP contribution in [0.5, 0.6) is 0 Å². The standard InChI is InChI=1S/C12H13NO3S/c13-17(14,15)11-7-3-6-10-12(11)8-4-1-2-5-9(8)16-10/h1-2,4-5,11H,3,6-7H2,(H2,13,14,15). The summed E-state index contributed by atoms with van der Waals surface area (Å²) in [5, 5.41) is 5.57. The largest absolute Gasteiger partial charge is 0.461 e. The number of para-hydroxylation sites is 1. The molecule has 1 aliphatic rings. The molecule has 0 radical (unpaired) electrons. The highest BCUT2D eigenvalue weighted by atomic mass is 32.2. The minimum atomic E-state index is -3.56. The summed E-state index contributed by atoms with van der Waals surface area (Å²) in [6, 6.07) is 7.51. The fraction of sp³-hybridized carbons (Fsp3) is 0.333. The highest BCUT2D eigenvalue weighted by Gasteiger charge is 2.33. The van der Waals surface area contributed by atoms with Crippen LogP contribution >= 0.6 is 0 Å². The molecule has 0 bridgehead atoms. The Bertz CT molecular complexity index is 672. The van der Waals surface area contributed by atoms with Gasteiger partial charge in [-0.1, -0.05) is 18.2 Å². The molecule has 1 atom stereocenters. The van der Waals surface area contributed by atoms with Gasteiger partial charge in [-0.2, -0.15) is 0 Å². The second-order valence-electron chi connectivity index (χ2n) is 4.40. The predicted molar refractivity (Wildman–Crippen MR) is 65.0 cm³/mol. The van der Waals surface area contributed by atoms with E-state index in [0.717, 1.165) is 35.1 Å². The van der Waals surface area contributed by atoms with Crippen LogP contribution in [0.25, 0.3) is 11.0 Å². The molecule has 0 fully saturated rings. The Hall–Kier alpha value is -1.33. The van der Waals surface area contributed by atoms with Crippen LogP contribution in [-0.4, -0.2) is 8.42 Å². The number of primary sulfonamides is 1. The summed E-state index contributed by atoms with van der Waals surface area (Å²) in [4.78, 5) is 0. The third-order valence-corrected chi connectivity index (χ3v) is 4.56. The van der Waals surface area contributed by atoms with Crippen molar-refractivity contribution in [3.05, 3.63) is 35.6 Å². The first-order chi connectivity index (χ1) is 8.07. The second kappa shape index (κ2) is 3.58. The third kappa shape index (κ3) is 1.66. The number of benzene rings is 1. The van der Waals surface area contributed by atoms with Crippen molar-refractivity contribution in [2.24, 2.45) is 5.14 Å². The lowest BCUT2D eigenvalue weighted by atomic mass is 9.95. The fourth-order valence-corrected chi connectivity index (χ4v) is 3.66. The molecule has 3 rings (SSSR count). The summed E-state index contributed by atoms with van der Waals surface area (Å²) < 4.78 is 28.9. The van der Waals surface area contributed by atoms with Gasteiger partial charge in [0.15, 0.2) is 0 Å². The maximum Gasteiger partial charge on any atom is 0.216 e. The normalized spacial score (nSPS) is 20.4. The minimum absolute atomic E-state index is 0.579. The van der Waals surface area contributed by atoms with Gasteiger partial charge in [-0.05, 0) is 18.9 Å². The molecule has 90 valence electrons. The summed E-state index contributed by atoms with van der Waals surface area (Å²) in [5.41, 5.74) is 1.52. The van der Waals surface area contributed by atoms with Gasteiger partial charge in [0.25, 0.3) is 0 Å². The number of rotatable bonds is 1. The van der Waals surface area contributed by atoms with E-state index in [1.54, 1.807) is 0 Å². The summed E-state index contributed by atoms with van der Waals surface area (Å²) in [6.45, 7) is 0. The van der Waals surface area contributed by atoms with Crippen LogP contribution in [0.15, 0.2) is 28.7 Å². The van der Waals surface area contributed by atoms with Crippen molar-refractivity contribution in [3.8, 4) is 0 Å². The molecule has 0 aliphatic heterocycles. The van der Waals surface area contributed by atoms with Crippen molar-refractivity contribution in [3.63, 3.8) is 0 Å². The zero-order chi connectivity index (χ0) is 12.0. The Kier molecular flexibility index (Phi) is 2.27. The molecule has 1 unspecified atom stereocenters. The van der Waals surface area contributed by atoms with E-state index in [1.807, 2.05) is 24.3 Å².